The predicted molar refractivity (Wildman–Crippen MR) is 84.9 cm³/mol. The van der Waals surface area contributed by atoms with E-state index in [4.69, 9.17) is 4.74 Å². The van der Waals surface area contributed by atoms with Crippen molar-refractivity contribution < 1.29 is 4.74 Å². The summed E-state index contributed by atoms with van der Waals surface area (Å²) in [6, 6.07) is 20.1. The van der Waals surface area contributed by atoms with E-state index in [2.05, 4.69) is 29.6 Å². The van der Waals surface area contributed by atoms with Crippen molar-refractivity contribution in [2.24, 2.45) is 0 Å². The van der Waals surface area contributed by atoms with Crippen LogP contribution in [0.2, 0.25) is 0 Å². The fourth-order valence-corrected chi connectivity index (χ4v) is 3.76. The third kappa shape index (κ3) is 2.81. The number of hydrogen-bond acceptors (Lipinski definition) is 2. The largest absolute Gasteiger partial charge is 0.457 e. The van der Waals surface area contributed by atoms with Crippen LogP contribution in [0.3, 0.4) is 0 Å². The second kappa shape index (κ2) is 5.53. The van der Waals surface area contributed by atoms with Crippen molar-refractivity contribution in [1.82, 2.24) is 5.32 Å². The average Bonchev–Trinajstić information content (AvgIpc) is 2.87. The molecule has 1 N–H and O–H groups in total. The summed E-state index contributed by atoms with van der Waals surface area (Å²) in [6.45, 7) is 0. The van der Waals surface area contributed by atoms with Crippen molar-refractivity contribution in [3.05, 3.63) is 60.2 Å². The summed E-state index contributed by atoms with van der Waals surface area (Å²) in [5.41, 5.74) is 1.47. The Morgan fingerprint density at radius 1 is 0.762 bits per heavy atom. The molecule has 108 valence electrons. The van der Waals surface area contributed by atoms with Gasteiger partial charge in [0.1, 0.15) is 11.5 Å². The van der Waals surface area contributed by atoms with Crippen LogP contribution >= 0.6 is 0 Å². The molecule has 2 aromatic rings. The molecule has 2 fully saturated rings. The minimum Gasteiger partial charge on any atom is -0.457 e. The number of benzene rings is 2. The standard InChI is InChI=1S/C19H21NO/c1-2-4-18(5-3-1)21-19-10-6-14(7-11-19)15-12-16-8-9-17(13-15)20-16/h1-7,10-11,15-17,20H,8-9,12-13H2. The van der Waals surface area contributed by atoms with Gasteiger partial charge in [-0.25, -0.2) is 0 Å². The molecule has 2 heteroatoms. The van der Waals surface area contributed by atoms with Crippen LogP contribution < -0.4 is 10.1 Å². The molecule has 2 aliphatic heterocycles. The lowest BCUT2D eigenvalue weighted by atomic mass is 9.86. The second-order valence-electron chi connectivity index (χ2n) is 6.29. The lowest BCUT2D eigenvalue weighted by Crippen LogP contribution is -2.37. The zero-order valence-corrected chi connectivity index (χ0v) is 12.2. The number of fused-ring (bicyclic) bond motifs is 2. The van der Waals surface area contributed by atoms with E-state index in [1.54, 1.807) is 0 Å². The Hall–Kier alpha value is -1.80. The van der Waals surface area contributed by atoms with Gasteiger partial charge in [0.15, 0.2) is 0 Å². The quantitative estimate of drug-likeness (QED) is 0.894. The van der Waals surface area contributed by atoms with Gasteiger partial charge in [-0.15, -0.1) is 0 Å². The van der Waals surface area contributed by atoms with E-state index < -0.39 is 0 Å². The van der Waals surface area contributed by atoms with Crippen molar-refractivity contribution in [2.75, 3.05) is 0 Å². The van der Waals surface area contributed by atoms with Gasteiger partial charge < -0.3 is 10.1 Å². The zero-order chi connectivity index (χ0) is 14.1. The molecular formula is C19H21NO. The monoisotopic (exact) mass is 279 g/mol. The molecular weight excluding hydrogens is 258 g/mol. The van der Waals surface area contributed by atoms with Gasteiger partial charge in [0, 0.05) is 12.1 Å². The highest BCUT2D eigenvalue weighted by Gasteiger charge is 2.33. The number of hydrogen-bond donors (Lipinski definition) is 1. The third-order valence-electron chi connectivity index (χ3n) is 4.80. The Bertz CT molecular complexity index is 581. The second-order valence-corrected chi connectivity index (χ2v) is 6.29. The highest BCUT2D eigenvalue weighted by molar-refractivity contribution is 5.34. The van der Waals surface area contributed by atoms with E-state index in [0.29, 0.717) is 0 Å². The molecule has 0 spiro atoms. The highest BCUT2D eigenvalue weighted by Crippen LogP contribution is 2.37. The van der Waals surface area contributed by atoms with Gasteiger partial charge in [0.2, 0.25) is 0 Å². The molecule has 2 saturated heterocycles. The summed E-state index contributed by atoms with van der Waals surface area (Å²) in [5.74, 6) is 2.53. The lowest BCUT2D eigenvalue weighted by molar-refractivity contribution is 0.363. The fourth-order valence-electron chi connectivity index (χ4n) is 3.76. The Morgan fingerprint density at radius 3 is 2.05 bits per heavy atom. The summed E-state index contributed by atoms with van der Waals surface area (Å²) in [5, 5.41) is 3.71. The van der Waals surface area contributed by atoms with Crippen molar-refractivity contribution >= 4 is 0 Å². The Kier molecular flexibility index (Phi) is 3.40. The normalized spacial score (nSPS) is 27.5. The van der Waals surface area contributed by atoms with Gasteiger partial charge in [-0.3, -0.25) is 0 Å². The molecule has 0 aliphatic carbocycles. The molecule has 0 radical (unpaired) electrons. The summed E-state index contributed by atoms with van der Waals surface area (Å²) in [6.07, 6.45) is 5.29. The SMILES string of the molecule is c1ccc(Oc2ccc(C3CC4CCC(C3)N4)cc2)cc1. The number of rotatable bonds is 3. The minimum absolute atomic E-state index is 0.717. The van der Waals surface area contributed by atoms with Crippen LogP contribution in [0.1, 0.15) is 37.2 Å². The summed E-state index contributed by atoms with van der Waals surface area (Å²) < 4.78 is 5.86. The van der Waals surface area contributed by atoms with E-state index in [9.17, 15) is 0 Å². The molecule has 2 atom stereocenters. The Morgan fingerprint density at radius 2 is 1.38 bits per heavy atom. The molecule has 2 unspecified atom stereocenters. The molecule has 2 aromatic carbocycles. The van der Waals surface area contributed by atoms with Gasteiger partial charge >= 0.3 is 0 Å². The molecule has 2 bridgehead atoms. The first-order chi connectivity index (χ1) is 10.4. The van der Waals surface area contributed by atoms with Gasteiger partial charge in [-0.1, -0.05) is 30.3 Å². The average molecular weight is 279 g/mol. The number of ether oxygens (including phenoxy) is 1. The predicted octanol–water partition coefficient (Wildman–Crippen LogP) is 4.48. The van der Waals surface area contributed by atoms with E-state index >= 15 is 0 Å². The lowest BCUT2D eigenvalue weighted by Gasteiger charge is -2.29. The van der Waals surface area contributed by atoms with Gasteiger partial charge in [0.25, 0.3) is 0 Å². The molecule has 0 amide bonds. The van der Waals surface area contributed by atoms with Crippen LogP contribution in [-0.2, 0) is 0 Å². The maximum absolute atomic E-state index is 5.86. The Balaban J connectivity index is 1.46. The topological polar surface area (TPSA) is 21.3 Å². The smallest absolute Gasteiger partial charge is 0.127 e. The maximum atomic E-state index is 5.86. The van der Waals surface area contributed by atoms with Crippen molar-refractivity contribution in [2.45, 2.75) is 43.7 Å². The highest BCUT2D eigenvalue weighted by atomic mass is 16.5. The van der Waals surface area contributed by atoms with Crippen LogP contribution in [0.15, 0.2) is 54.6 Å². The first kappa shape index (κ1) is 12.9. The first-order valence-corrected chi connectivity index (χ1v) is 7.96. The van der Waals surface area contributed by atoms with E-state index in [1.807, 2.05) is 30.3 Å². The van der Waals surface area contributed by atoms with Crippen LogP contribution in [0, 0.1) is 0 Å². The van der Waals surface area contributed by atoms with Gasteiger partial charge in [-0.05, 0) is 61.4 Å². The first-order valence-electron chi connectivity index (χ1n) is 7.96. The zero-order valence-electron chi connectivity index (χ0n) is 12.2. The van der Waals surface area contributed by atoms with E-state index in [-0.39, 0.29) is 0 Å². The summed E-state index contributed by atoms with van der Waals surface area (Å²) in [4.78, 5) is 0. The molecule has 2 heterocycles. The number of para-hydroxylation sites is 1. The third-order valence-corrected chi connectivity index (χ3v) is 4.80. The number of piperidine rings is 1. The van der Waals surface area contributed by atoms with Crippen LogP contribution in [0.25, 0.3) is 0 Å². The van der Waals surface area contributed by atoms with Gasteiger partial charge in [0.05, 0.1) is 0 Å². The Labute approximate surface area is 126 Å². The van der Waals surface area contributed by atoms with Gasteiger partial charge in [-0.2, -0.15) is 0 Å². The maximum Gasteiger partial charge on any atom is 0.127 e. The van der Waals surface area contributed by atoms with Crippen molar-refractivity contribution in [3.8, 4) is 11.5 Å². The molecule has 2 nitrogen and oxygen atoms in total. The van der Waals surface area contributed by atoms with Crippen molar-refractivity contribution in [3.63, 3.8) is 0 Å². The van der Waals surface area contributed by atoms with Crippen LogP contribution in [0.4, 0.5) is 0 Å². The summed E-state index contributed by atoms with van der Waals surface area (Å²) in [7, 11) is 0. The summed E-state index contributed by atoms with van der Waals surface area (Å²) >= 11 is 0. The molecule has 0 saturated carbocycles. The number of nitrogens with one attached hydrogen (secondary N) is 1. The minimum atomic E-state index is 0.717. The van der Waals surface area contributed by atoms with Crippen LogP contribution in [-0.4, -0.2) is 12.1 Å². The fraction of sp³-hybridized carbons (Fsp3) is 0.368. The van der Waals surface area contributed by atoms with Crippen molar-refractivity contribution in [1.29, 1.82) is 0 Å². The molecule has 21 heavy (non-hydrogen) atoms. The molecule has 2 aliphatic rings. The molecule has 4 rings (SSSR count). The van der Waals surface area contributed by atoms with Crippen LogP contribution in [0.5, 0.6) is 11.5 Å². The molecule has 0 aromatic heterocycles. The van der Waals surface area contributed by atoms with E-state index in [1.165, 1.54) is 31.2 Å². The van der Waals surface area contributed by atoms with E-state index in [0.717, 1.165) is 29.5 Å².